The second kappa shape index (κ2) is 5.78. The van der Waals surface area contributed by atoms with Crippen LogP contribution in [0.15, 0.2) is 29.2 Å². The molecule has 19 heavy (non-hydrogen) atoms. The van der Waals surface area contributed by atoms with E-state index in [2.05, 4.69) is 23.6 Å². The molecule has 0 spiro atoms. The van der Waals surface area contributed by atoms with Gasteiger partial charge in [0.25, 0.3) is 0 Å². The zero-order valence-electron chi connectivity index (χ0n) is 11.8. The number of nitrogens with zero attached hydrogens (tertiary/aromatic N) is 1. The molecule has 4 heteroatoms. The largest absolute Gasteiger partial charge is 0.444 e. The molecule has 0 aliphatic carbocycles. The number of carbonyl (C=O) groups excluding carboxylic acids is 1. The topological polar surface area (TPSA) is 29.5 Å². The molecule has 104 valence electrons. The Morgan fingerprint density at radius 1 is 1.47 bits per heavy atom. The summed E-state index contributed by atoms with van der Waals surface area (Å²) in [4.78, 5) is 15.1. The first-order valence-electron chi connectivity index (χ1n) is 6.62. The van der Waals surface area contributed by atoms with E-state index in [1.165, 1.54) is 10.5 Å². The molecule has 0 radical (unpaired) electrons. The van der Waals surface area contributed by atoms with E-state index in [-0.39, 0.29) is 6.09 Å². The fraction of sp³-hybridized carbons (Fsp3) is 0.533. The number of hydrogen-bond acceptors (Lipinski definition) is 3. The van der Waals surface area contributed by atoms with E-state index in [0.29, 0.717) is 6.54 Å². The van der Waals surface area contributed by atoms with Crippen molar-refractivity contribution in [2.24, 2.45) is 0 Å². The molecule has 1 amide bonds. The van der Waals surface area contributed by atoms with Crippen LogP contribution in [0.1, 0.15) is 32.1 Å². The summed E-state index contributed by atoms with van der Waals surface area (Å²) in [5, 5.41) is 2.10. The zero-order valence-corrected chi connectivity index (χ0v) is 12.6. The van der Waals surface area contributed by atoms with Crippen LogP contribution in [0.3, 0.4) is 0 Å². The highest BCUT2D eigenvalue weighted by Crippen LogP contribution is 2.20. The molecular formula is C15H21NO2S. The first-order chi connectivity index (χ1) is 8.94. The molecule has 0 unspecified atom stereocenters. The zero-order chi connectivity index (χ0) is 13.9. The van der Waals surface area contributed by atoms with Crippen LogP contribution in [0.2, 0.25) is 0 Å². The lowest BCUT2D eigenvalue weighted by Gasteiger charge is -2.29. The van der Waals surface area contributed by atoms with E-state index < -0.39 is 5.60 Å². The Labute approximate surface area is 118 Å². The highest BCUT2D eigenvalue weighted by molar-refractivity contribution is 7.09. The van der Waals surface area contributed by atoms with Crippen LogP contribution in [-0.4, -0.2) is 29.7 Å². The maximum absolute atomic E-state index is 11.9. The molecule has 0 fully saturated rings. The molecular weight excluding hydrogens is 258 g/mol. The second-order valence-electron chi connectivity index (χ2n) is 5.79. The molecule has 0 saturated heterocycles. The third-order valence-corrected chi connectivity index (χ3v) is 3.81. The molecule has 1 aliphatic rings. The summed E-state index contributed by atoms with van der Waals surface area (Å²) in [7, 11) is 0. The molecule has 1 aromatic heterocycles. The predicted octanol–water partition coefficient (Wildman–Crippen LogP) is 3.86. The van der Waals surface area contributed by atoms with Gasteiger partial charge in [-0.15, -0.1) is 11.3 Å². The van der Waals surface area contributed by atoms with Gasteiger partial charge in [-0.25, -0.2) is 4.79 Å². The molecule has 0 atom stereocenters. The van der Waals surface area contributed by atoms with Crippen molar-refractivity contribution in [2.45, 2.75) is 39.2 Å². The number of rotatable bonds is 2. The lowest BCUT2D eigenvalue weighted by Crippen LogP contribution is -2.39. The lowest BCUT2D eigenvalue weighted by atomic mass is 10.0. The van der Waals surface area contributed by atoms with Crippen LogP contribution in [0, 0.1) is 0 Å². The van der Waals surface area contributed by atoms with Crippen LogP contribution >= 0.6 is 11.3 Å². The molecule has 0 N–H and O–H groups in total. The third-order valence-electron chi connectivity index (χ3n) is 2.94. The number of thiophene rings is 1. The summed E-state index contributed by atoms with van der Waals surface area (Å²) >= 11 is 1.79. The van der Waals surface area contributed by atoms with Gasteiger partial charge in [0.2, 0.25) is 0 Å². The summed E-state index contributed by atoms with van der Waals surface area (Å²) in [6, 6.07) is 4.24. The molecule has 1 aromatic rings. The van der Waals surface area contributed by atoms with Gasteiger partial charge in [-0.3, -0.25) is 0 Å². The number of hydrogen-bond donors (Lipinski definition) is 0. The predicted molar refractivity (Wildman–Crippen MR) is 78.5 cm³/mol. The Morgan fingerprint density at radius 3 is 2.79 bits per heavy atom. The van der Waals surface area contributed by atoms with E-state index in [9.17, 15) is 4.79 Å². The van der Waals surface area contributed by atoms with Gasteiger partial charge >= 0.3 is 6.09 Å². The van der Waals surface area contributed by atoms with Gasteiger partial charge in [0, 0.05) is 24.4 Å². The molecule has 2 heterocycles. The van der Waals surface area contributed by atoms with E-state index in [0.717, 1.165) is 19.4 Å². The monoisotopic (exact) mass is 279 g/mol. The van der Waals surface area contributed by atoms with Crippen molar-refractivity contribution in [2.75, 3.05) is 13.1 Å². The Morgan fingerprint density at radius 2 is 2.26 bits per heavy atom. The van der Waals surface area contributed by atoms with Gasteiger partial charge in [0.15, 0.2) is 0 Å². The smallest absolute Gasteiger partial charge is 0.410 e. The molecule has 3 nitrogen and oxygen atoms in total. The fourth-order valence-corrected chi connectivity index (χ4v) is 2.76. The van der Waals surface area contributed by atoms with Crippen molar-refractivity contribution in [1.82, 2.24) is 4.90 Å². The Kier molecular flexibility index (Phi) is 4.30. The first kappa shape index (κ1) is 14.1. The standard InChI is InChI=1S/C15H21NO2S/c1-15(2,3)18-14(17)16-8-6-12(7-9-16)11-13-5-4-10-19-13/h4-6,10H,7-9,11H2,1-3H3. The third kappa shape index (κ3) is 4.39. The lowest BCUT2D eigenvalue weighted by molar-refractivity contribution is 0.0265. The molecule has 1 aliphatic heterocycles. The van der Waals surface area contributed by atoms with Gasteiger partial charge in [0.05, 0.1) is 0 Å². The van der Waals surface area contributed by atoms with Gasteiger partial charge in [-0.1, -0.05) is 17.7 Å². The fourth-order valence-electron chi connectivity index (χ4n) is 2.00. The van der Waals surface area contributed by atoms with E-state index in [1.807, 2.05) is 20.8 Å². The molecule has 0 aromatic carbocycles. The van der Waals surface area contributed by atoms with Crippen molar-refractivity contribution in [1.29, 1.82) is 0 Å². The number of carbonyl (C=O) groups is 1. The maximum atomic E-state index is 11.9. The van der Waals surface area contributed by atoms with Crippen LogP contribution < -0.4 is 0 Å². The minimum absolute atomic E-state index is 0.209. The Bertz CT molecular complexity index is 457. The van der Waals surface area contributed by atoms with Crippen molar-refractivity contribution in [3.8, 4) is 0 Å². The van der Waals surface area contributed by atoms with E-state index in [4.69, 9.17) is 4.74 Å². The normalized spacial score (nSPS) is 16.2. The van der Waals surface area contributed by atoms with Gasteiger partial charge in [0.1, 0.15) is 5.60 Å². The van der Waals surface area contributed by atoms with Gasteiger partial charge < -0.3 is 9.64 Å². The van der Waals surface area contributed by atoms with E-state index >= 15 is 0 Å². The Hall–Kier alpha value is -1.29. The van der Waals surface area contributed by atoms with Crippen molar-refractivity contribution < 1.29 is 9.53 Å². The number of amides is 1. The summed E-state index contributed by atoms with van der Waals surface area (Å²) < 4.78 is 5.38. The SMILES string of the molecule is CC(C)(C)OC(=O)N1CC=C(Cc2cccs2)CC1. The molecule has 2 rings (SSSR count). The van der Waals surface area contributed by atoms with Crippen molar-refractivity contribution >= 4 is 17.4 Å². The van der Waals surface area contributed by atoms with Crippen LogP contribution in [0.5, 0.6) is 0 Å². The minimum Gasteiger partial charge on any atom is -0.444 e. The van der Waals surface area contributed by atoms with Crippen LogP contribution in [0.4, 0.5) is 4.79 Å². The summed E-state index contributed by atoms with van der Waals surface area (Å²) in [6.45, 7) is 7.11. The van der Waals surface area contributed by atoms with Crippen molar-refractivity contribution in [3.05, 3.63) is 34.0 Å². The number of ether oxygens (including phenoxy) is 1. The van der Waals surface area contributed by atoms with Gasteiger partial charge in [-0.05, 0) is 38.6 Å². The minimum atomic E-state index is -0.419. The highest BCUT2D eigenvalue weighted by Gasteiger charge is 2.23. The maximum Gasteiger partial charge on any atom is 0.410 e. The summed E-state index contributed by atoms with van der Waals surface area (Å²) in [6.07, 6.45) is 3.91. The average Bonchev–Trinajstić information content (AvgIpc) is 2.80. The van der Waals surface area contributed by atoms with Crippen LogP contribution in [0.25, 0.3) is 0 Å². The highest BCUT2D eigenvalue weighted by atomic mass is 32.1. The van der Waals surface area contributed by atoms with E-state index in [1.54, 1.807) is 16.2 Å². The molecule has 0 saturated carbocycles. The quantitative estimate of drug-likeness (QED) is 0.769. The second-order valence-corrected chi connectivity index (χ2v) is 6.83. The first-order valence-corrected chi connectivity index (χ1v) is 7.50. The summed E-state index contributed by atoms with van der Waals surface area (Å²) in [5.74, 6) is 0. The summed E-state index contributed by atoms with van der Waals surface area (Å²) in [5.41, 5.74) is 1.00. The van der Waals surface area contributed by atoms with Gasteiger partial charge in [-0.2, -0.15) is 0 Å². The van der Waals surface area contributed by atoms with Crippen LogP contribution in [-0.2, 0) is 11.2 Å². The molecule has 0 bridgehead atoms. The Balaban J connectivity index is 1.87. The average molecular weight is 279 g/mol. The van der Waals surface area contributed by atoms with Crippen molar-refractivity contribution in [3.63, 3.8) is 0 Å².